The topological polar surface area (TPSA) is 145 Å². The van der Waals surface area contributed by atoms with Crippen molar-refractivity contribution >= 4 is 29.0 Å². The van der Waals surface area contributed by atoms with Crippen molar-refractivity contribution in [3.05, 3.63) is 60.7 Å². The molecular weight excluding hydrogens is 513 g/mol. The molecule has 0 amide bonds. The minimum absolute atomic E-state index is 0. The Morgan fingerprint density at radius 3 is 1.09 bits per heavy atom. The van der Waals surface area contributed by atoms with Crippen LogP contribution in [-0.2, 0) is 33.7 Å². The van der Waals surface area contributed by atoms with E-state index in [1.54, 1.807) is 36.4 Å². The number of rotatable bonds is 4. The van der Waals surface area contributed by atoms with Gasteiger partial charge in [0, 0.05) is 0 Å². The predicted molar refractivity (Wildman–Crippen MR) is 67.0 cm³/mol. The quantitative estimate of drug-likeness (QED) is 0.394. The number of hydrogen-bond acceptors (Lipinski definition) is 8. The summed E-state index contributed by atoms with van der Waals surface area (Å²) in [7, 11) is 0. The molecule has 2 aromatic carbocycles. The summed E-state index contributed by atoms with van der Waals surface area (Å²) in [5, 5.41) is 0. The van der Waals surface area contributed by atoms with E-state index in [-0.39, 0.29) is 37.7 Å². The van der Waals surface area contributed by atoms with E-state index in [0.717, 1.165) is 0 Å². The summed E-state index contributed by atoms with van der Waals surface area (Å²) in [6.07, 6.45) is 0. The molecule has 0 radical (unpaired) electrons. The van der Waals surface area contributed by atoms with Crippen molar-refractivity contribution < 1.29 is 57.5 Å². The van der Waals surface area contributed by atoms with E-state index >= 15 is 0 Å². The first-order valence-electron chi connectivity index (χ1n) is 5.69. The predicted octanol–water partition coefficient (Wildman–Crippen LogP) is -2.70. The van der Waals surface area contributed by atoms with Gasteiger partial charge in [0.15, 0.2) is 0 Å². The zero-order valence-corrected chi connectivity index (χ0v) is 17.6. The maximum absolute atomic E-state index is 10.1. The Morgan fingerprint density at radius 1 is 0.609 bits per heavy atom. The normalized spacial score (nSPS) is 10.6. The van der Waals surface area contributed by atoms with E-state index < -0.39 is 29.0 Å². The van der Waals surface area contributed by atoms with Crippen molar-refractivity contribution in [1.82, 2.24) is 0 Å². The fourth-order valence-electron chi connectivity index (χ4n) is 1.22. The van der Waals surface area contributed by atoms with Crippen molar-refractivity contribution in [3.63, 3.8) is 0 Å². The molecule has 0 aliphatic rings. The van der Waals surface area contributed by atoms with Crippen LogP contribution in [0, 0.1) is 0 Å². The summed E-state index contributed by atoms with van der Waals surface area (Å²) in [4.78, 5) is 0. The summed E-state index contributed by atoms with van der Waals surface area (Å²) < 4.78 is 68.9. The van der Waals surface area contributed by atoms with E-state index in [0.29, 0.717) is 0 Å². The molecule has 23 heavy (non-hydrogen) atoms. The second-order valence-electron chi connectivity index (χ2n) is 3.70. The van der Waals surface area contributed by atoms with Crippen molar-refractivity contribution in [1.29, 1.82) is 0 Å². The van der Waals surface area contributed by atoms with Gasteiger partial charge in [0.2, 0.25) is 0 Å². The van der Waals surface area contributed by atoms with E-state index in [4.69, 9.17) is 0 Å². The van der Waals surface area contributed by atoms with Crippen LogP contribution in [-0.4, -0.2) is 29.0 Å². The van der Waals surface area contributed by atoms with Gasteiger partial charge in [-0.3, -0.25) is 0 Å². The van der Waals surface area contributed by atoms with Gasteiger partial charge in [0.25, 0.3) is 0 Å². The Labute approximate surface area is 157 Å². The molecule has 0 aliphatic carbocycles. The third-order valence-electron chi connectivity index (χ3n) is 1.92. The zero-order valence-electron chi connectivity index (χ0n) is 11.4. The van der Waals surface area contributed by atoms with Crippen LogP contribution in [0.2, 0.25) is 0 Å². The van der Waals surface area contributed by atoms with Crippen molar-refractivity contribution in [2.45, 2.75) is 0 Å². The molecule has 0 saturated carbocycles. The van der Waals surface area contributed by atoms with Gasteiger partial charge in [-0.15, -0.1) is 0 Å². The van der Waals surface area contributed by atoms with E-state index in [1.807, 2.05) is 0 Å². The summed E-state index contributed by atoms with van der Waals surface area (Å²) in [6, 6.07) is 15.4. The standard InChI is InChI=1S/2C6H7AsO4.Zr/c2*8-7(9,10)11-6-4-2-1-3-5-6;/h2*1-5H,(H2,8,9,10);/q;;+4/p-4. The molecule has 0 saturated heterocycles. The molecule has 2 aromatic rings. The van der Waals surface area contributed by atoms with E-state index in [2.05, 4.69) is 7.45 Å². The Balaban J connectivity index is 0.000000403. The number of benzene rings is 2. The maximum Gasteiger partial charge on any atom is 4.00 e. The molecule has 0 spiro atoms. The fourth-order valence-corrected chi connectivity index (χ4v) is 2.82. The Bertz CT molecular complexity index is 596. The number of hydrogen-bond donors (Lipinski definition) is 0. The molecule has 0 fully saturated rings. The van der Waals surface area contributed by atoms with Crippen LogP contribution in [0.3, 0.4) is 0 Å². The molecular formula is C12H10As2O8Zr. The third kappa shape index (κ3) is 12.6. The van der Waals surface area contributed by atoms with Crippen LogP contribution in [0.25, 0.3) is 0 Å². The summed E-state index contributed by atoms with van der Waals surface area (Å²) in [6.45, 7) is 0. The van der Waals surface area contributed by atoms with Gasteiger partial charge in [0.05, 0.1) is 0 Å². The van der Waals surface area contributed by atoms with Crippen LogP contribution < -0.4 is 23.8 Å². The average Bonchev–Trinajstić information content (AvgIpc) is 2.38. The van der Waals surface area contributed by atoms with Crippen LogP contribution in [0.5, 0.6) is 11.5 Å². The maximum atomic E-state index is 10.1. The second kappa shape index (κ2) is 10.4. The monoisotopic (exact) mass is 522 g/mol. The SMILES string of the molecule is O=[As]([O-])([O-])Oc1ccccc1.O=[As]([O-])([O-])Oc1ccccc1.[Zr+4]. The molecule has 11 heteroatoms. The Kier molecular flexibility index (Phi) is 10.1. The van der Waals surface area contributed by atoms with Gasteiger partial charge >= 0.3 is 159 Å². The Hall–Kier alpha value is -0.520. The van der Waals surface area contributed by atoms with Gasteiger partial charge in [-0.05, 0) is 0 Å². The van der Waals surface area contributed by atoms with E-state index in [9.17, 15) is 23.9 Å². The molecule has 0 N–H and O–H groups in total. The summed E-state index contributed by atoms with van der Waals surface area (Å²) >= 11 is -10.9. The minimum Gasteiger partial charge on any atom is 4.00 e. The van der Waals surface area contributed by atoms with Crippen LogP contribution in [0.4, 0.5) is 0 Å². The van der Waals surface area contributed by atoms with Gasteiger partial charge in [0.1, 0.15) is 0 Å². The third-order valence-corrected chi connectivity index (χ3v) is 3.74. The first-order chi connectivity index (χ1) is 10.2. The smallest absolute Gasteiger partial charge is 4.00 e. The molecule has 120 valence electrons. The van der Waals surface area contributed by atoms with E-state index in [1.165, 1.54) is 24.3 Å². The molecule has 0 bridgehead atoms. The van der Waals surface area contributed by atoms with Gasteiger partial charge < -0.3 is 0 Å². The molecule has 2 rings (SSSR count). The molecule has 0 atom stereocenters. The van der Waals surface area contributed by atoms with Gasteiger partial charge in [-0.1, -0.05) is 0 Å². The van der Waals surface area contributed by atoms with Crippen molar-refractivity contribution in [3.8, 4) is 11.5 Å². The Morgan fingerprint density at radius 2 is 0.870 bits per heavy atom. The second-order valence-corrected chi connectivity index (χ2v) is 8.22. The molecule has 0 heterocycles. The van der Waals surface area contributed by atoms with Crippen LogP contribution in [0.15, 0.2) is 60.7 Å². The fraction of sp³-hybridized carbons (Fsp3) is 0. The number of para-hydroxylation sites is 2. The average molecular weight is 523 g/mol. The largest absolute Gasteiger partial charge is 4.00 e. The van der Waals surface area contributed by atoms with Crippen LogP contribution in [0.1, 0.15) is 0 Å². The van der Waals surface area contributed by atoms with Crippen molar-refractivity contribution in [2.75, 3.05) is 0 Å². The summed E-state index contributed by atoms with van der Waals surface area (Å²) in [5.74, 6) is 0.139. The van der Waals surface area contributed by atoms with Crippen LogP contribution >= 0.6 is 0 Å². The molecule has 0 aliphatic heterocycles. The van der Waals surface area contributed by atoms with Gasteiger partial charge in [-0.25, -0.2) is 0 Å². The summed E-state index contributed by atoms with van der Waals surface area (Å²) in [5.41, 5.74) is 0. The molecule has 0 unspecified atom stereocenters. The minimum atomic E-state index is -5.46. The first-order valence-corrected chi connectivity index (χ1v) is 11.8. The zero-order chi connectivity index (χ0) is 16.6. The molecule has 8 nitrogen and oxygen atoms in total. The molecule has 0 aromatic heterocycles. The first kappa shape index (κ1) is 22.5. The van der Waals surface area contributed by atoms with Gasteiger partial charge in [-0.2, -0.15) is 0 Å². The van der Waals surface area contributed by atoms with Crippen molar-refractivity contribution in [2.24, 2.45) is 0 Å².